The maximum absolute atomic E-state index is 5.27. The molecule has 250 valence electrons. The lowest BCUT2D eigenvalue weighted by molar-refractivity contribution is 0.568. The van der Waals surface area contributed by atoms with Gasteiger partial charge in [0.1, 0.15) is 0 Å². The molecule has 0 atom stereocenters. The molecule has 0 fully saturated rings. The van der Waals surface area contributed by atoms with E-state index in [1.54, 1.807) is 0 Å². The van der Waals surface area contributed by atoms with Crippen molar-refractivity contribution in [1.82, 2.24) is 4.98 Å². The van der Waals surface area contributed by atoms with Gasteiger partial charge in [0.15, 0.2) is 0 Å². The molecule has 1 heterocycles. The number of para-hydroxylation sites is 2. The number of nitrogens with zero attached hydrogens (tertiary/aromatic N) is 1. The first-order valence-electron chi connectivity index (χ1n) is 17.3. The molecule has 0 radical (unpaired) electrons. The Balaban J connectivity index is 1.53. The van der Waals surface area contributed by atoms with E-state index < -0.39 is 0 Å². The number of benzene rings is 4. The summed E-state index contributed by atoms with van der Waals surface area (Å²) < 4.78 is 0. The predicted octanol–water partition coefficient (Wildman–Crippen LogP) is 13.1. The minimum Gasteiger partial charge on any atom is -0.355 e. The van der Waals surface area contributed by atoms with Gasteiger partial charge in [-0.3, -0.25) is 0 Å². The highest BCUT2D eigenvalue weighted by atomic mass is 14.9. The number of nitrogens with one attached hydrogen (secondary N) is 2. The smallest absolute Gasteiger partial charge is 0.0730 e. The fraction of sp³-hybridized carbons (Fsp3) is 0.356. The normalized spacial score (nSPS) is 12.6. The summed E-state index contributed by atoms with van der Waals surface area (Å²) in [5.74, 6) is 0. The molecular weight excluding hydrogens is 583 g/mol. The highest BCUT2D eigenvalue weighted by Crippen LogP contribution is 2.38. The van der Waals surface area contributed by atoms with Crippen LogP contribution in [-0.4, -0.2) is 4.98 Å². The third-order valence-corrected chi connectivity index (χ3v) is 9.04. The average molecular weight is 638 g/mol. The molecule has 0 bridgehead atoms. The SMILES string of the molecule is CC(C)(C)c1cc(Nc2ccccc2-c2cccc(-c3ccccc3Nc3cc(C(C)(C)C)cc(C(C)(C)C)c3)n2)cc(C(C)(C)C)c1. The van der Waals surface area contributed by atoms with E-state index in [2.05, 4.69) is 197 Å². The van der Waals surface area contributed by atoms with Crippen LogP contribution in [0, 0.1) is 0 Å². The highest BCUT2D eigenvalue weighted by Gasteiger charge is 2.23. The summed E-state index contributed by atoms with van der Waals surface area (Å²) in [4.78, 5) is 5.27. The van der Waals surface area contributed by atoms with Crippen LogP contribution in [0.4, 0.5) is 22.7 Å². The molecule has 0 aliphatic carbocycles. The Kier molecular flexibility index (Phi) is 9.40. The standard InChI is InChI=1S/C45H55N3/c1-42(2,3)30-24-31(43(4,5)6)27-34(26-30)46-38-20-15-13-18-36(38)40-22-17-23-41(48-40)37-19-14-16-21-39(37)47-35-28-32(44(7,8)9)25-33(29-35)45(10,11)12/h13-29,46-47H,1-12H3. The number of hydrogen-bond donors (Lipinski definition) is 2. The second kappa shape index (κ2) is 12.9. The van der Waals surface area contributed by atoms with Gasteiger partial charge >= 0.3 is 0 Å². The van der Waals surface area contributed by atoms with Crippen LogP contribution in [0.5, 0.6) is 0 Å². The molecule has 1 aromatic heterocycles. The van der Waals surface area contributed by atoms with Gasteiger partial charge in [-0.15, -0.1) is 0 Å². The topological polar surface area (TPSA) is 37.0 Å². The van der Waals surface area contributed by atoms with E-state index in [4.69, 9.17) is 4.98 Å². The lowest BCUT2D eigenvalue weighted by Crippen LogP contribution is -2.16. The van der Waals surface area contributed by atoms with Crippen molar-refractivity contribution < 1.29 is 0 Å². The zero-order chi connectivity index (χ0) is 35.1. The Morgan fingerprint density at radius 1 is 0.375 bits per heavy atom. The Hall–Kier alpha value is -4.37. The molecule has 3 heteroatoms. The van der Waals surface area contributed by atoms with Crippen LogP contribution in [0.3, 0.4) is 0 Å². The highest BCUT2D eigenvalue weighted by molar-refractivity contribution is 5.83. The Morgan fingerprint density at radius 2 is 0.688 bits per heavy atom. The molecule has 0 amide bonds. The van der Waals surface area contributed by atoms with Gasteiger partial charge in [-0.25, -0.2) is 4.98 Å². The van der Waals surface area contributed by atoms with Gasteiger partial charge in [-0.05, 0) is 92.4 Å². The molecule has 0 unspecified atom stereocenters. The second-order valence-electron chi connectivity index (χ2n) is 17.3. The van der Waals surface area contributed by atoms with Crippen molar-refractivity contribution >= 4 is 22.7 Å². The minimum absolute atomic E-state index is 0.0386. The van der Waals surface area contributed by atoms with Crippen molar-refractivity contribution in [3.05, 3.63) is 125 Å². The van der Waals surface area contributed by atoms with E-state index in [0.29, 0.717) is 0 Å². The molecule has 4 aromatic carbocycles. The Labute approximate surface area is 290 Å². The third kappa shape index (κ3) is 8.19. The summed E-state index contributed by atoms with van der Waals surface area (Å²) in [6.07, 6.45) is 0. The first kappa shape index (κ1) is 35.0. The molecule has 0 saturated carbocycles. The molecular formula is C45H55N3. The molecule has 0 aliphatic rings. The van der Waals surface area contributed by atoms with Gasteiger partial charge in [0.05, 0.1) is 11.4 Å². The fourth-order valence-electron chi connectivity index (χ4n) is 5.81. The number of pyridine rings is 1. The van der Waals surface area contributed by atoms with E-state index in [9.17, 15) is 0 Å². The molecule has 0 saturated heterocycles. The maximum Gasteiger partial charge on any atom is 0.0730 e. The monoisotopic (exact) mass is 637 g/mol. The van der Waals surface area contributed by atoms with Crippen LogP contribution in [0.25, 0.3) is 22.5 Å². The first-order valence-corrected chi connectivity index (χ1v) is 17.3. The summed E-state index contributed by atoms with van der Waals surface area (Å²) in [7, 11) is 0. The van der Waals surface area contributed by atoms with Crippen LogP contribution in [0.15, 0.2) is 103 Å². The van der Waals surface area contributed by atoms with Crippen molar-refractivity contribution in [1.29, 1.82) is 0 Å². The van der Waals surface area contributed by atoms with E-state index in [-0.39, 0.29) is 21.7 Å². The van der Waals surface area contributed by atoms with Crippen LogP contribution < -0.4 is 10.6 Å². The second-order valence-corrected chi connectivity index (χ2v) is 17.3. The van der Waals surface area contributed by atoms with Gasteiger partial charge < -0.3 is 10.6 Å². The van der Waals surface area contributed by atoms with Crippen molar-refractivity contribution in [2.24, 2.45) is 0 Å². The van der Waals surface area contributed by atoms with Crippen molar-refractivity contribution in [3.8, 4) is 22.5 Å². The van der Waals surface area contributed by atoms with E-state index in [0.717, 1.165) is 45.3 Å². The largest absolute Gasteiger partial charge is 0.355 e. The van der Waals surface area contributed by atoms with Crippen LogP contribution in [0.1, 0.15) is 105 Å². The van der Waals surface area contributed by atoms with Crippen LogP contribution in [-0.2, 0) is 21.7 Å². The maximum atomic E-state index is 5.27. The molecule has 0 spiro atoms. The van der Waals surface area contributed by atoms with Crippen molar-refractivity contribution in [2.75, 3.05) is 10.6 Å². The lowest BCUT2D eigenvalue weighted by atomic mass is 9.80. The Bertz CT molecular complexity index is 1700. The van der Waals surface area contributed by atoms with E-state index >= 15 is 0 Å². The molecule has 0 aliphatic heterocycles. The third-order valence-electron chi connectivity index (χ3n) is 9.04. The zero-order valence-electron chi connectivity index (χ0n) is 31.3. The summed E-state index contributed by atoms with van der Waals surface area (Å²) in [5.41, 5.74) is 13.7. The minimum atomic E-state index is 0.0386. The molecule has 48 heavy (non-hydrogen) atoms. The first-order chi connectivity index (χ1) is 22.3. The van der Waals surface area contributed by atoms with Crippen LogP contribution in [0.2, 0.25) is 0 Å². The number of hydrogen-bond acceptors (Lipinski definition) is 3. The van der Waals surface area contributed by atoms with E-state index in [1.165, 1.54) is 22.3 Å². The summed E-state index contributed by atoms with van der Waals surface area (Å²) >= 11 is 0. The molecule has 3 nitrogen and oxygen atoms in total. The van der Waals surface area contributed by atoms with Gasteiger partial charge in [0.2, 0.25) is 0 Å². The molecule has 2 N–H and O–H groups in total. The summed E-state index contributed by atoms with van der Waals surface area (Å²) in [6, 6.07) is 37.2. The van der Waals surface area contributed by atoms with Gasteiger partial charge in [-0.1, -0.05) is 138 Å². The quantitative estimate of drug-likeness (QED) is 0.194. The zero-order valence-corrected chi connectivity index (χ0v) is 31.3. The molecule has 5 aromatic rings. The van der Waals surface area contributed by atoms with Crippen molar-refractivity contribution in [2.45, 2.75) is 105 Å². The summed E-state index contributed by atoms with van der Waals surface area (Å²) in [5, 5.41) is 7.56. The average Bonchev–Trinajstić information content (AvgIpc) is 3.00. The Morgan fingerprint density at radius 3 is 1.00 bits per heavy atom. The van der Waals surface area contributed by atoms with Gasteiger partial charge in [0.25, 0.3) is 0 Å². The van der Waals surface area contributed by atoms with E-state index in [1.807, 2.05) is 0 Å². The number of anilines is 4. The summed E-state index contributed by atoms with van der Waals surface area (Å²) in [6.45, 7) is 27.3. The molecule has 5 rings (SSSR count). The van der Waals surface area contributed by atoms with Gasteiger partial charge in [0, 0.05) is 33.9 Å². The van der Waals surface area contributed by atoms with Crippen molar-refractivity contribution in [3.63, 3.8) is 0 Å². The van der Waals surface area contributed by atoms with Crippen LogP contribution >= 0.6 is 0 Å². The lowest BCUT2D eigenvalue weighted by Gasteiger charge is -2.27. The fourth-order valence-corrected chi connectivity index (χ4v) is 5.81. The number of aromatic nitrogens is 1. The number of rotatable bonds is 6. The van der Waals surface area contributed by atoms with Gasteiger partial charge in [-0.2, -0.15) is 0 Å². The predicted molar refractivity (Wildman–Crippen MR) is 209 cm³/mol.